The van der Waals surface area contributed by atoms with Crippen LogP contribution in [0.3, 0.4) is 0 Å². The van der Waals surface area contributed by atoms with Gasteiger partial charge in [0.05, 0.1) is 17.7 Å². The second kappa shape index (κ2) is 11.6. The molecule has 0 unspecified atom stereocenters. The maximum atomic E-state index is 10.6. The SMILES string of the molecule is COc1cccc(CO[N+](=O)[O-])c1.O=CNSc1cc(C(=O)O)ccc1Cl. The van der Waals surface area contributed by atoms with Crippen molar-refractivity contribution in [2.75, 3.05) is 7.11 Å². The second-order valence-corrected chi connectivity index (χ2v) is 5.92. The van der Waals surface area contributed by atoms with Gasteiger partial charge in [0.2, 0.25) is 6.41 Å². The first-order valence-electron chi connectivity index (χ1n) is 7.16. The summed E-state index contributed by atoms with van der Waals surface area (Å²) < 4.78 is 7.27. The highest BCUT2D eigenvalue weighted by Gasteiger charge is 2.07. The lowest BCUT2D eigenvalue weighted by Crippen LogP contribution is -2.00. The topological polar surface area (TPSA) is 128 Å². The average molecular weight is 415 g/mol. The number of carboxylic acids is 1. The molecule has 11 heteroatoms. The number of hydrogen-bond donors (Lipinski definition) is 2. The fourth-order valence-electron chi connectivity index (χ4n) is 1.69. The summed E-state index contributed by atoms with van der Waals surface area (Å²) in [5, 5.41) is 18.1. The van der Waals surface area contributed by atoms with Crippen molar-refractivity contribution in [3.05, 3.63) is 68.7 Å². The van der Waals surface area contributed by atoms with Gasteiger partial charge in [0, 0.05) is 4.90 Å². The van der Waals surface area contributed by atoms with Crippen LogP contribution >= 0.6 is 23.5 Å². The van der Waals surface area contributed by atoms with Crippen LogP contribution in [0.25, 0.3) is 0 Å². The van der Waals surface area contributed by atoms with E-state index in [1.54, 1.807) is 24.3 Å². The second-order valence-electron chi connectivity index (χ2n) is 4.64. The van der Waals surface area contributed by atoms with Crippen LogP contribution in [0.2, 0.25) is 5.02 Å². The summed E-state index contributed by atoms with van der Waals surface area (Å²) in [5.41, 5.74) is 0.834. The van der Waals surface area contributed by atoms with Gasteiger partial charge in [0.25, 0.3) is 5.09 Å². The van der Waals surface area contributed by atoms with Crippen molar-refractivity contribution < 1.29 is 29.4 Å². The Kier molecular flexibility index (Phi) is 9.48. The van der Waals surface area contributed by atoms with E-state index in [1.165, 1.54) is 25.3 Å². The van der Waals surface area contributed by atoms with Crippen LogP contribution in [-0.2, 0) is 16.2 Å². The molecule has 0 saturated carbocycles. The molecule has 2 N–H and O–H groups in total. The van der Waals surface area contributed by atoms with Gasteiger partial charge in [-0.3, -0.25) is 9.52 Å². The Morgan fingerprint density at radius 2 is 2.11 bits per heavy atom. The number of carboxylic acid groups (broad SMARTS) is 1. The molecule has 0 aromatic heterocycles. The Morgan fingerprint density at radius 1 is 1.37 bits per heavy atom. The van der Waals surface area contributed by atoms with Gasteiger partial charge in [0.1, 0.15) is 12.4 Å². The number of carbonyl (C=O) groups is 2. The molecule has 0 heterocycles. The summed E-state index contributed by atoms with van der Waals surface area (Å²) in [5.74, 6) is -0.376. The fraction of sp³-hybridized carbons (Fsp3) is 0.125. The smallest absolute Gasteiger partial charge is 0.335 e. The van der Waals surface area contributed by atoms with Crippen LogP contribution in [0.5, 0.6) is 5.75 Å². The number of nitrogens with one attached hydrogen (secondary N) is 1. The number of amides is 1. The van der Waals surface area contributed by atoms with E-state index < -0.39 is 11.1 Å². The monoisotopic (exact) mass is 414 g/mol. The first-order chi connectivity index (χ1) is 12.9. The molecule has 0 aliphatic heterocycles. The van der Waals surface area contributed by atoms with Gasteiger partial charge in [-0.25, -0.2) is 4.79 Å². The lowest BCUT2D eigenvalue weighted by atomic mass is 10.2. The van der Waals surface area contributed by atoms with Crippen molar-refractivity contribution >= 4 is 35.9 Å². The zero-order valence-electron chi connectivity index (χ0n) is 14.0. The molecule has 0 atom stereocenters. The Hall–Kier alpha value is -2.98. The minimum Gasteiger partial charge on any atom is -0.497 e. The van der Waals surface area contributed by atoms with Crippen molar-refractivity contribution in [3.8, 4) is 5.75 Å². The highest BCUT2D eigenvalue weighted by Crippen LogP contribution is 2.25. The van der Waals surface area contributed by atoms with Gasteiger partial charge in [-0.2, -0.15) is 0 Å². The number of nitrogens with zero attached hydrogens (tertiary/aromatic N) is 1. The van der Waals surface area contributed by atoms with Crippen LogP contribution in [-0.4, -0.2) is 29.7 Å². The molecule has 0 spiro atoms. The van der Waals surface area contributed by atoms with Crippen LogP contribution in [0.15, 0.2) is 47.4 Å². The Bertz CT molecular complexity index is 804. The van der Waals surface area contributed by atoms with E-state index in [0.717, 1.165) is 11.9 Å². The third-order valence-electron chi connectivity index (χ3n) is 2.87. The molecule has 0 aliphatic carbocycles. The van der Waals surface area contributed by atoms with Gasteiger partial charge < -0.3 is 14.7 Å². The predicted octanol–water partition coefficient (Wildman–Crippen LogP) is 3.19. The Morgan fingerprint density at radius 3 is 2.70 bits per heavy atom. The van der Waals surface area contributed by atoms with Crippen LogP contribution < -0.4 is 9.46 Å². The van der Waals surface area contributed by atoms with Crippen LogP contribution in [0.4, 0.5) is 0 Å². The minimum atomic E-state index is -1.03. The molecular weight excluding hydrogens is 400 g/mol. The zero-order valence-corrected chi connectivity index (χ0v) is 15.5. The number of rotatable bonds is 8. The van der Waals surface area contributed by atoms with E-state index in [4.69, 9.17) is 21.4 Å². The Labute approximate surface area is 163 Å². The molecule has 2 aromatic carbocycles. The largest absolute Gasteiger partial charge is 0.497 e. The number of ether oxygens (including phenoxy) is 1. The van der Waals surface area contributed by atoms with Crippen LogP contribution in [0, 0.1) is 10.1 Å². The number of halogens is 1. The third kappa shape index (κ3) is 8.29. The maximum Gasteiger partial charge on any atom is 0.335 e. The van der Waals surface area contributed by atoms with E-state index in [9.17, 15) is 19.7 Å². The van der Waals surface area contributed by atoms with Crippen molar-refractivity contribution in [1.82, 2.24) is 4.72 Å². The molecular formula is C16H15ClN2O7S. The molecule has 1 amide bonds. The van der Waals surface area contributed by atoms with Crippen LogP contribution in [0.1, 0.15) is 15.9 Å². The van der Waals surface area contributed by atoms with E-state index >= 15 is 0 Å². The van der Waals surface area contributed by atoms with E-state index in [1.807, 2.05) is 0 Å². The van der Waals surface area contributed by atoms with Gasteiger partial charge in [-0.15, -0.1) is 10.1 Å². The molecule has 0 aliphatic rings. The minimum absolute atomic E-state index is 0.0514. The fourth-order valence-corrected chi connectivity index (χ4v) is 2.45. The van der Waals surface area contributed by atoms with Gasteiger partial charge >= 0.3 is 5.97 Å². The summed E-state index contributed by atoms with van der Waals surface area (Å²) in [6, 6.07) is 11.2. The van der Waals surface area contributed by atoms with Crippen molar-refractivity contribution in [2.45, 2.75) is 11.5 Å². The van der Waals surface area contributed by atoms with Crippen molar-refractivity contribution in [1.29, 1.82) is 0 Å². The van der Waals surface area contributed by atoms with Crippen molar-refractivity contribution in [2.24, 2.45) is 0 Å². The summed E-state index contributed by atoms with van der Waals surface area (Å²) in [4.78, 5) is 35.2. The lowest BCUT2D eigenvalue weighted by Gasteiger charge is -2.02. The van der Waals surface area contributed by atoms with Gasteiger partial charge in [-0.05, 0) is 47.8 Å². The summed E-state index contributed by atoms with van der Waals surface area (Å²) >= 11 is 6.73. The van der Waals surface area contributed by atoms with Gasteiger partial charge in [0.15, 0.2) is 0 Å². The van der Waals surface area contributed by atoms with E-state index in [0.29, 0.717) is 27.6 Å². The highest BCUT2D eigenvalue weighted by atomic mass is 35.5. The lowest BCUT2D eigenvalue weighted by molar-refractivity contribution is -0.763. The first-order valence-corrected chi connectivity index (χ1v) is 8.36. The molecule has 144 valence electrons. The van der Waals surface area contributed by atoms with E-state index in [2.05, 4.69) is 9.56 Å². The molecule has 9 nitrogen and oxygen atoms in total. The zero-order chi connectivity index (χ0) is 20.2. The predicted molar refractivity (Wildman–Crippen MR) is 98.2 cm³/mol. The molecule has 0 fully saturated rings. The summed E-state index contributed by atoms with van der Waals surface area (Å²) in [6.45, 7) is -0.0514. The maximum absolute atomic E-state index is 10.6. The quantitative estimate of drug-likeness (QED) is 0.291. The Balaban J connectivity index is 0.000000271. The van der Waals surface area contributed by atoms with Crippen molar-refractivity contribution in [3.63, 3.8) is 0 Å². The molecule has 0 bridgehead atoms. The van der Waals surface area contributed by atoms with Gasteiger partial charge in [-0.1, -0.05) is 23.7 Å². The standard InChI is InChI=1S/C8H6ClNO3S.C8H9NO4/c9-6-2-1-5(8(12)13)3-7(6)14-10-4-11;1-12-8-4-2-3-7(5-8)6-13-9(10)11/h1-4H,(H,10,11)(H,12,13);2-5H,6H2,1H3. The molecule has 0 saturated heterocycles. The normalized spacial score (nSPS) is 9.41. The number of hydrogen-bond acceptors (Lipinski definition) is 7. The average Bonchev–Trinajstić information content (AvgIpc) is 2.66. The number of methoxy groups -OCH3 is 1. The molecule has 2 aromatic rings. The molecule has 27 heavy (non-hydrogen) atoms. The summed E-state index contributed by atoms with van der Waals surface area (Å²) in [7, 11) is 1.54. The molecule has 2 rings (SSSR count). The number of aromatic carboxylic acids is 1. The van der Waals surface area contributed by atoms with E-state index in [-0.39, 0.29) is 12.2 Å². The number of benzene rings is 2. The third-order valence-corrected chi connectivity index (χ3v) is 4.08. The number of carbonyl (C=O) groups excluding carboxylic acids is 1. The first kappa shape index (κ1) is 22.1. The molecule has 0 radical (unpaired) electrons. The summed E-state index contributed by atoms with van der Waals surface area (Å²) in [6.07, 6.45) is 0.494. The highest BCUT2D eigenvalue weighted by molar-refractivity contribution is 7.98.